The van der Waals surface area contributed by atoms with Crippen molar-refractivity contribution in [3.05, 3.63) is 29.5 Å². The molecule has 1 aromatic carbocycles. The summed E-state index contributed by atoms with van der Waals surface area (Å²) in [6.45, 7) is 8.78. The molecule has 0 aliphatic carbocycles. The van der Waals surface area contributed by atoms with Crippen LogP contribution in [-0.2, 0) is 6.54 Å². The van der Waals surface area contributed by atoms with Crippen molar-refractivity contribution in [2.45, 2.75) is 33.7 Å². The number of nitrogens with zero attached hydrogens (tertiary/aromatic N) is 1. The molecule has 18 heavy (non-hydrogen) atoms. The van der Waals surface area contributed by atoms with E-state index in [0.717, 1.165) is 25.3 Å². The lowest BCUT2D eigenvalue weighted by Gasteiger charge is -2.08. The zero-order valence-corrected chi connectivity index (χ0v) is 11.5. The molecule has 1 aromatic heterocycles. The van der Waals surface area contributed by atoms with Crippen LogP contribution in [0, 0.1) is 13.8 Å². The summed E-state index contributed by atoms with van der Waals surface area (Å²) >= 11 is 0. The monoisotopic (exact) mass is 246 g/mol. The van der Waals surface area contributed by atoms with Gasteiger partial charge in [-0.3, -0.25) is 0 Å². The maximum absolute atomic E-state index is 5.61. The predicted molar refractivity (Wildman–Crippen MR) is 76.3 cm³/mol. The van der Waals surface area contributed by atoms with Crippen molar-refractivity contribution in [2.75, 3.05) is 13.2 Å². The molecule has 0 unspecified atom stereocenters. The van der Waals surface area contributed by atoms with Gasteiger partial charge in [0.25, 0.3) is 0 Å². The molecule has 0 aliphatic rings. The highest BCUT2D eigenvalue weighted by Gasteiger charge is 2.11. The summed E-state index contributed by atoms with van der Waals surface area (Å²) in [5.74, 6) is 0.948. The molecule has 0 bridgehead atoms. The number of benzene rings is 1. The van der Waals surface area contributed by atoms with E-state index in [1.807, 2.05) is 13.0 Å². The van der Waals surface area contributed by atoms with Crippen molar-refractivity contribution in [3.63, 3.8) is 0 Å². The Morgan fingerprint density at radius 2 is 2.06 bits per heavy atom. The number of hydrogen-bond acceptors (Lipinski definition) is 2. The topological polar surface area (TPSA) is 40.2 Å². The summed E-state index contributed by atoms with van der Waals surface area (Å²) in [7, 11) is 0. The molecule has 3 nitrogen and oxygen atoms in total. The van der Waals surface area contributed by atoms with Gasteiger partial charge in [-0.2, -0.15) is 0 Å². The van der Waals surface area contributed by atoms with E-state index < -0.39 is 0 Å². The maximum Gasteiger partial charge on any atom is 0.120 e. The number of fused-ring (bicyclic) bond motifs is 1. The number of ether oxygens (including phenoxy) is 1. The molecule has 0 atom stereocenters. The normalized spacial score (nSPS) is 11.1. The number of hydrogen-bond donors (Lipinski definition) is 1. The predicted octanol–water partition coefficient (Wildman–Crippen LogP) is 3.01. The van der Waals surface area contributed by atoms with Gasteiger partial charge < -0.3 is 15.0 Å². The first-order chi connectivity index (χ1) is 8.69. The molecule has 2 aromatic rings. The van der Waals surface area contributed by atoms with Gasteiger partial charge in [0.1, 0.15) is 5.75 Å². The van der Waals surface area contributed by atoms with E-state index in [0.29, 0.717) is 6.61 Å². The fourth-order valence-electron chi connectivity index (χ4n) is 2.42. The Labute approximate surface area is 109 Å². The fourth-order valence-corrected chi connectivity index (χ4v) is 2.42. The second-order valence-electron chi connectivity index (χ2n) is 4.62. The van der Waals surface area contributed by atoms with Gasteiger partial charge in [0, 0.05) is 23.1 Å². The van der Waals surface area contributed by atoms with E-state index in [1.165, 1.54) is 22.2 Å². The molecule has 0 saturated carbocycles. The molecule has 2 rings (SSSR count). The van der Waals surface area contributed by atoms with Gasteiger partial charge in [-0.05, 0) is 57.5 Å². The molecule has 0 fully saturated rings. The Balaban J connectivity index is 2.49. The molecule has 1 heterocycles. The minimum atomic E-state index is 0.706. The summed E-state index contributed by atoms with van der Waals surface area (Å²) < 4.78 is 7.92. The summed E-state index contributed by atoms with van der Waals surface area (Å²) in [5.41, 5.74) is 9.55. The largest absolute Gasteiger partial charge is 0.494 e. The minimum Gasteiger partial charge on any atom is -0.494 e. The zero-order valence-electron chi connectivity index (χ0n) is 11.5. The first kappa shape index (κ1) is 13.0. The van der Waals surface area contributed by atoms with E-state index >= 15 is 0 Å². The molecule has 0 spiro atoms. The third kappa shape index (κ3) is 2.23. The Hall–Kier alpha value is -1.48. The highest BCUT2D eigenvalue weighted by Crippen LogP contribution is 2.28. The molecule has 0 aliphatic heterocycles. The first-order valence-corrected chi connectivity index (χ1v) is 6.61. The summed E-state index contributed by atoms with van der Waals surface area (Å²) in [5, 5.41) is 1.29. The number of rotatable bonds is 5. The van der Waals surface area contributed by atoms with Gasteiger partial charge >= 0.3 is 0 Å². The lowest BCUT2D eigenvalue weighted by atomic mass is 10.1. The van der Waals surface area contributed by atoms with Crippen molar-refractivity contribution in [2.24, 2.45) is 5.73 Å². The number of aromatic nitrogens is 1. The van der Waals surface area contributed by atoms with Gasteiger partial charge in [0.05, 0.1) is 6.61 Å². The van der Waals surface area contributed by atoms with E-state index in [1.54, 1.807) is 0 Å². The molecule has 0 radical (unpaired) electrons. The average molecular weight is 246 g/mol. The number of nitrogens with two attached hydrogens (primary N) is 1. The molecular formula is C15H22N2O. The Morgan fingerprint density at radius 1 is 1.28 bits per heavy atom. The summed E-state index contributed by atoms with van der Waals surface area (Å²) in [4.78, 5) is 0. The van der Waals surface area contributed by atoms with Crippen LogP contribution in [0.2, 0.25) is 0 Å². The third-order valence-electron chi connectivity index (χ3n) is 3.51. The van der Waals surface area contributed by atoms with Crippen LogP contribution >= 0.6 is 0 Å². The van der Waals surface area contributed by atoms with Gasteiger partial charge in [0.15, 0.2) is 0 Å². The van der Waals surface area contributed by atoms with E-state index in [2.05, 4.69) is 30.5 Å². The van der Waals surface area contributed by atoms with Crippen LogP contribution < -0.4 is 10.5 Å². The lowest BCUT2D eigenvalue weighted by Crippen LogP contribution is -2.06. The molecule has 3 heteroatoms. The van der Waals surface area contributed by atoms with E-state index in [9.17, 15) is 0 Å². The van der Waals surface area contributed by atoms with E-state index in [4.69, 9.17) is 10.5 Å². The molecule has 0 amide bonds. The van der Waals surface area contributed by atoms with Crippen LogP contribution in [0.4, 0.5) is 0 Å². The van der Waals surface area contributed by atoms with Crippen molar-refractivity contribution >= 4 is 10.9 Å². The minimum absolute atomic E-state index is 0.706. The maximum atomic E-state index is 5.61. The zero-order chi connectivity index (χ0) is 13.1. The first-order valence-electron chi connectivity index (χ1n) is 6.61. The lowest BCUT2D eigenvalue weighted by molar-refractivity contribution is 0.340. The molecule has 0 saturated heterocycles. The van der Waals surface area contributed by atoms with Crippen LogP contribution in [-0.4, -0.2) is 17.7 Å². The SMILES string of the molecule is CCOc1ccc2c(c1)c(C)c(C)n2CCCN. The van der Waals surface area contributed by atoms with Crippen molar-refractivity contribution in [1.29, 1.82) is 0 Å². The second kappa shape index (κ2) is 5.44. The van der Waals surface area contributed by atoms with E-state index in [-0.39, 0.29) is 0 Å². The van der Waals surface area contributed by atoms with Crippen LogP contribution in [0.15, 0.2) is 18.2 Å². The highest BCUT2D eigenvalue weighted by molar-refractivity contribution is 5.86. The van der Waals surface area contributed by atoms with Crippen molar-refractivity contribution < 1.29 is 4.74 Å². The second-order valence-corrected chi connectivity index (χ2v) is 4.62. The number of aryl methyl sites for hydroxylation is 2. The third-order valence-corrected chi connectivity index (χ3v) is 3.51. The van der Waals surface area contributed by atoms with Crippen LogP contribution in [0.3, 0.4) is 0 Å². The molecular weight excluding hydrogens is 224 g/mol. The summed E-state index contributed by atoms with van der Waals surface area (Å²) in [6.07, 6.45) is 1.01. The smallest absolute Gasteiger partial charge is 0.120 e. The Bertz CT molecular complexity index is 543. The standard InChI is InChI=1S/C15H22N2O/c1-4-18-13-6-7-15-14(10-13)11(2)12(3)17(15)9-5-8-16/h6-7,10H,4-5,8-9,16H2,1-3H3. The quantitative estimate of drug-likeness (QED) is 0.881. The Kier molecular flexibility index (Phi) is 3.92. The molecule has 98 valence electrons. The average Bonchev–Trinajstić information content (AvgIpc) is 2.61. The van der Waals surface area contributed by atoms with Gasteiger partial charge in [-0.15, -0.1) is 0 Å². The Morgan fingerprint density at radius 3 is 2.72 bits per heavy atom. The van der Waals surface area contributed by atoms with Crippen molar-refractivity contribution in [1.82, 2.24) is 4.57 Å². The van der Waals surface area contributed by atoms with Gasteiger partial charge in [0.2, 0.25) is 0 Å². The van der Waals surface area contributed by atoms with Crippen LogP contribution in [0.5, 0.6) is 5.75 Å². The highest BCUT2D eigenvalue weighted by atomic mass is 16.5. The van der Waals surface area contributed by atoms with Gasteiger partial charge in [-0.25, -0.2) is 0 Å². The summed E-state index contributed by atoms with van der Waals surface area (Å²) in [6, 6.07) is 6.33. The van der Waals surface area contributed by atoms with Gasteiger partial charge in [-0.1, -0.05) is 0 Å². The van der Waals surface area contributed by atoms with Crippen LogP contribution in [0.1, 0.15) is 24.6 Å². The van der Waals surface area contributed by atoms with Crippen LogP contribution in [0.25, 0.3) is 10.9 Å². The fraction of sp³-hybridized carbons (Fsp3) is 0.467. The molecule has 2 N–H and O–H groups in total. The van der Waals surface area contributed by atoms with Crippen molar-refractivity contribution in [3.8, 4) is 5.75 Å².